The minimum Gasteiger partial charge on any atom is -0.496 e. The molecule has 1 aromatic heterocycles. The minimum atomic E-state index is -0.170. The smallest absolute Gasteiger partial charge is 0.317 e. The number of hydrogen-bond donors (Lipinski definition) is 1. The molecule has 1 aromatic carbocycles. The first-order chi connectivity index (χ1) is 11.8. The fourth-order valence-corrected chi connectivity index (χ4v) is 2.73. The number of nitrogens with zero attached hydrogens (tertiary/aromatic N) is 2. The number of amides is 2. The number of urea groups is 1. The van der Waals surface area contributed by atoms with Crippen molar-refractivity contribution in [2.75, 3.05) is 14.2 Å². The van der Waals surface area contributed by atoms with Gasteiger partial charge in [-0.25, -0.2) is 4.79 Å². The lowest BCUT2D eigenvalue weighted by Crippen LogP contribution is -2.43. The van der Waals surface area contributed by atoms with Gasteiger partial charge in [0.05, 0.1) is 13.2 Å². The third-order valence-electron chi connectivity index (χ3n) is 4.10. The quantitative estimate of drug-likeness (QED) is 0.894. The Balaban J connectivity index is 2.18. The third kappa shape index (κ3) is 4.95. The summed E-state index contributed by atoms with van der Waals surface area (Å²) in [4.78, 5) is 18.4. The Morgan fingerprint density at radius 3 is 2.44 bits per heavy atom. The molecule has 2 rings (SSSR count). The van der Waals surface area contributed by atoms with Gasteiger partial charge in [0.2, 0.25) is 0 Å². The van der Waals surface area contributed by atoms with Crippen molar-refractivity contribution in [3.8, 4) is 5.75 Å². The highest BCUT2D eigenvalue weighted by atomic mass is 16.5. The summed E-state index contributed by atoms with van der Waals surface area (Å²) in [6, 6.07) is 11.3. The standard InChI is InChI=1S/C20H27N3O2/c1-20(2,3)18(16-8-6-7-9-17(16)25-5)22-19(24)23(4)14-15-10-12-21-13-11-15/h6-13,18H,14H2,1-5H3,(H,22,24)/t18-/m1/s1. The number of nitrogens with one attached hydrogen (secondary N) is 1. The van der Waals surface area contributed by atoms with Crippen LogP contribution in [-0.2, 0) is 6.54 Å². The molecule has 0 aliphatic carbocycles. The fourth-order valence-electron chi connectivity index (χ4n) is 2.73. The van der Waals surface area contributed by atoms with E-state index < -0.39 is 0 Å². The van der Waals surface area contributed by atoms with Crippen molar-refractivity contribution >= 4 is 6.03 Å². The average Bonchev–Trinajstić information content (AvgIpc) is 2.59. The molecule has 5 nitrogen and oxygen atoms in total. The topological polar surface area (TPSA) is 54.5 Å². The minimum absolute atomic E-state index is 0.123. The summed E-state index contributed by atoms with van der Waals surface area (Å²) in [5.74, 6) is 0.777. The van der Waals surface area contributed by atoms with Gasteiger partial charge in [0.1, 0.15) is 5.75 Å². The Morgan fingerprint density at radius 2 is 1.84 bits per heavy atom. The van der Waals surface area contributed by atoms with Crippen LogP contribution < -0.4 is 10.1 Å². The van der Waals surface area contributed by atoms with Crippen molar-refractivity contribution in [2.24, 2.45) is 5.41 Å². The number of carbonyl (C=O) groups is 1. The SMILES string of the molecule is COc1ccccc1[C@@H](NC(=O)N(C)Cc1ccncc1)C(C)(C)C. The fraction of sp³-hybridized carbons (Fsp3) is 0.400. The first-order valence-corrected chi connectivity index (χ1v) is 8.36. The van der Waals surface area contributed by atoms with E-state index in [1.807, 2.05) is 36.4 Å². The maximum Gasteiger partial charge on any atom is 0.317 e. The summed E-state index contributed by atoms with van der Waals surface area (Å²) in [6.07, 6.45) is 3.46. The monoisotopic (exact) mass is 341 g/mol. The molecule has 1 N–H and O–H groups in total. The van der Waals surface area contributed by atoms with Gasteiger partial charge in [-0.3, -0.25) is 4.98 Å². The maximum absolute atomic E-state index is 12.7. The van der Waals surface area contributed by atoms with Crippen LogP contribution in [0.2, 0.25) is 0 Å². The van der Waals surface area contributed by atoms with E-state index in [-0.39, 0.29) is 17.5 Å². The predicted molar refractivity (Wildman–Crippen MR) is 99.4 cm³/mol. The highest BCUT2D eigenvalue weighted by Gasteiger charge is 2.30. The van der Waals surface area contributed by atoms with Crippen LogP contribution in [0.25, 0.3) is 0 Å². The van der Waals surface area contributed by atoms with Crippen LogP contribution in [-0.4, -0.2) is 30.1 Å². The molecule has 0 spiro atoms. The van der Waals surface area contributed by atoms with E-state index in [1.165, 1.54) is 0 Å². The zero-order chi connectivity index (χ0) is 18.4. The van der Waals surface area contributed by atoms with Gasteiger partial charge in [-0.05, 0) is 29.2 Å². The zero-order valence-corrected chi connectivity index (χ0v) is 15.6. The first kappa shape index (κ1) is 18.8. The summed E-state index contributed by atoms with van der Waals surface area (Å²) in [5.41, 5.74) is 1.85. The number of para-hydroxylation sites is 1. The average molecular weight is 341 g/mol. The van der Waals surface area contributed by atoms with Gasteiger partial charge in [0, 0.05) is 31.5 Å². The van der Waals surface area contributed by atoms with Gasteiger partial charge in [0.15, 0.2) is 0 Å². The van der Waals surface area contributed by atoms with Crippen molar-refractivity contribution in [2.45, 2.75) is 33.4 Å². The molecule has 1 atom stereocenters. The summed E-state index contributed by atoms with van der Waals surface area (Å²) in [5, 5.41) is 3.16. The Bertz CT molecular complexity index is 696. The number of benzene rings is 1. The van der Waals surface area contributed by atoms with E-state index in [9.17, 15) is 4.79 Å². The Labute approximate surface area is 150 Å². The highest BCUT2D eigenvalue weighted by molar-refractivity contribution is 5.74. The summed E-state index contributed by atoms with van der Waals surface area (Å²) < 4.78 is 5.49. The molecule has 0 bridgehead atoms. The van der Waals surface area contributed by atoms with Crippen LogP contribution in [0.1, 0.15) is 37.9 Å². The van der Waals surface area contributed by atoms with Crippen LogP contribution in [0, 0.1) is 5.41 Å². The number of rotatable bonds is 5. The lowest BCUT2D eigenvalue weighted by Gasteiger charge is -2.34. The number of methoxy groups -OCH3 is 1. The van der Waals surface area contributed by atoms with E-state index in [0.717, 1.165) is 16.9 Å². The number of pyridine rings is 1. The largest absolute Gasteiger partial charge is 0.496 e. The molecule has 0 unspecified atom stereocenters. The van der Waals surface area contributed by atoms with Gasteiger partial charge in [-0.15, -0.1) is 0 Å². The van der Waals surface area contributed by atoms with Gasteiger partial charge in [-0.1, -0.05) is 39.0 Å². The van der Waals surface area contributed by atoms with Gasteiger partial charge < -0.3 is 15.0 Å². The summed E-state index contributed by atoms with van der Waals surface area (Å²) in [6.45, 7) is 6.84. The molecule has 25 heavy (non-hydrogen) atoms. The maximum atomic E-state index is 12.7. The van der Waals surface area contributed by atoms with Gasteiger partial charge in [0.25, 0.3) is 0 Å². The van der Waals surface area contributed by atoms with Crippen molar-refractivity contribution in [1.29, 1.82) is 0 Å². The normalized spacial score (nSPS) is 12.4. The second-order valence-corrected chi connectivity index (χ2v) is 7.20. The van der Waals surface area contributed by atoms with Crippen molar-refractivity contribution in [1.82, 2.24) is 15.2 Å². The lowest BCUT2D eigenvalue weighted by atomic mass is 9.82. The Morgan fingerprint density at radius 1 is 1.20 bits per heavy atom. The lowest BCUT2D eigenvalue weighted by molar-refractivity contribution is 0.186. The van der Waals surface area contributed by atoms with E-state index in [4.69, 9.17) is 4.74 Å². The van der Waals surface area contributed by atoms with Gasteiger partial charge in [-0.2, -0.15) is 0 Å². The molecule has 0 fully saturated rings. The molecule has 0 aliphatic heterocycles. The molecule has 0 radical (unpaired) electrons. The molecule has 2 aromatic rings. The van der Waals surface area contributed by atoms with Crippen molar-refractivity contribution in [3.63, 3.8) is 0 Å². The van der Waals surface area contributed by atoms with E-state index in [0.29, 0.717) is 6.54 Å². The van der Waals surface area contributed by atoms with Crippen LogP contribution in [0.15, 0.2) is 48.8 Å². The zero-order valence-electron chi connectivity index (χ0n) is 15.6. The second kappa shape index (κ2) is 8.01. The van der Waals surface area contributed by atoms with Crippen LogP contribution >= 0.6 is 0 Å². The van der Waals surface area contributed by atoms with Crippen LogP contribution in [0.4, 0.5) is 4.79 Å². The molecule has 5 heteroatoms. The number of aromatic nitrogens is 1. The van der Waals surface area contributed by atoms with Crippen molar-refractivity contribution < 1.29 is 9.53 Å². The number of ether oxygens (including phenoxy) is 1. The molecule has 0 saturated heterocycles. The molecule has 0 saturated carbocycles. The van der Waals surface area contributed by atoms with Crippen molar-refractivity contribution in [3.05, 3.63) is 59.9 Å². The summed E-state index contributed by atoms with van der Waals surface area (Å²) in [7, 11) is 3.44. The van der Waals surface area contributed by atoms with Gasteiger partial charge >= 0.3 is 6.03 Å². The molecule has 2 amide bonds. The first-order valence-electron chi connectivity index (χ1n) is 8.36. The molecule has 1 heterocycles. The molecule has 134 valence electrons. The Hall–Kier alpha value is -2.56. The molecular weight excluding hydrogens is 314 g/mol. The summed E-state index contributed by atoms with van der Waals surface area (Å²) >= 11 is 0. The van der Waals surface area contributed by atoms with E-state index >= 15 is 0 Å². The molecular formula is C20H27N3O2. The van der Waals surface area contributed by atoms with E-state index in [1.54, 1.807) is 31.5 Å². The van der Waals surface area contributed by atoms with Crippen LogP contribution in [0.5, 0.6) is 5.75 Å². The van der Waals surface area contributed by atoms with Crippen LogP contribution in [0.3, 0.4) is 0 Å². The number of hydrogen-bond acceptors (Lipinski definition) is 3. The predicted octanol–water partition coefficient (Wildman–Crippen LogP) is 4.02. The third-order valence-corrected chi connectivity index (χ3v) is 4.10. The highest BCUT2D eigenvalue weighted by Crippen LogP contribution is 2.37. The van der Waals surface area contributed by atoms with E-state index in [2.05, 4.69) is 31.1 Å². The molecule has 0 aliphatic rings. The second-order valence-electron chi connectivity index (χ2n) is 7.20. The Kier molecular flexibility index (Phi) is 6.02. The number of carbonyl (C=O) groups excluding carboxylic acids is 1.